The van der Waals surface area contributed by atoms with Crippen LogP contribution in [-0.4, -0.2) is 15.5 Å². The van der Waals surface area contributed by atoms with Gasteiger partial charge in [0.15, 0.2) is 0 Å². The molecule has 1 heterocycles. The summed E-state index contributed by atoms with van der Waals surface area (Å²) in [5, 5.41) is 4.09. The molecular weight excluding hydrogens is 405 g/mol. The minimum Gasteiger partial charge on any atom is -0.342 e. The van der Waals surface area contributed by atoms with Crippen LogP contribution in [0.3, 0.4) is 0 Å². The number of hydrogen-bond donors (Lipinski definition) is 1. The molecule has 3 aromatic carbocycles. The first-order chi connectivity index (χ1) is 14.0. The van der Waals surface area contributed by atoms with Gasteiger partial charge in [0.1, 0.15) is 5.82 Å². The summed E-state index contributed by atoms with van der Waals surface area (Å²) in [6.07, 6.45) is 0. The van der Waals surface area contributed by atoms with Crippen molar-refractivity contribution >= 4 is 40.1 Å². The van der Waals surface area contributed by atoms with Crippen LogP contribution in [0.2, 0.25) is 10.0 Å². The number of nitrogens with one attached hydrogen (secondary N) is 1. The van der Waals surface area contributed by atoms with E-state index in [1.165, 1.54) is 0 Å². The Morgan fingerprint density at radius 1 is 1.00 bits per heavy atom. The number of carbonyl (C=O) groups is 1. The second kappa shape index (κ2) is 8.27. The normalized spacial score (nSPS) is 12.1. The van der Waals surface area contributed by atoms with Gasteiger partial charge < -0.3 is 9.88 Å². The van der Waals surface area contributed by atoms with Crippen LogP contribution in [0.5, 0.6) is 0 Å². The molecule has 4 aromatic rings. The van der Waals surface area contributed by atoms with Crippen molar-refractivity contribution < 1.29 is 4.79 Å². The third kappa shape index (κ3) is 4.14. The maximum absolute atomic E-state index is 12.6. The van der Waals surface area contributed by atoms with Crippen LogP contribution >= 0.6 is 23.2 Å². The number of nitrogens with zero attached hydrogens (tertiary/aromatic N) is 2. The molecule has 1 aromatic heterocycles. The molecule has 1 unspecified atom stereocenters. The number of para-hydroxylation sites is 2. The van der Waals surface area contributed by atoms with E-state index in [-0.39, 0.29) is 11.9 Å². The summed E-state index contributed by atoms with van der Waals surface area (Å²) in [5.74, 6) is 0.646. The Hall–Kier alpha value is -2.82. The molecule has 0 aliphatic heterocycles. The van der Waals surface area contributed by atoms with Crippen molar-refractivity contribution in [3.05, 3.63) is 99.8 Å². The van der Waals surface area contributed by atoms with E-state index >= 15 is 0 Å². The van der Waals surface area contributed by atoms with Crippen LogP contribution in [0.25, 0.3) is 11.0 Å². The van der Waals surface area contributed by atoms with E-state index < -0.39 is 0 Å². The topological polar surface area (TPSA) is 46.9 Å². The molecule has 146 valence electrons. The zero-order valence-corrected chi connectivity index (χ0v) is 17.3. The average Bonchev–Trinajstić information content (AvgIpc) is 3.10. The van der Waals surface area contributed by atoms with Crippen molar-refractivity contribution in [2.75, 3.05) is 0 Å². The Morgan fingerprint density at radius 3 is 2.48 bits per heavy atom. The maximum atomic E-state index is 12.6. The lowest BCUT2D eigenvalue weighted by molar-refractivity contribution is 0.0938. The van der Waals surface area contributed by atoms with Gasteiger partial charge in [-0.2, -0.15) is 0 Å². The summed E-state index contributed by atoms with van der Waals surface area (Å²) in [5.41, 5.74) is 3.50. The second-order valence-electron chi connectivity index (χ2n) is 6.85. The SMILES string of the molecule is CC(NC(=O)c1ccccc1)c1nc2ccccc2n1Cc1ccc(Cl)c(Cl)c1. The number of aromatic nitrogens is 2. The summed E-state index contributed by atoms with van der Waals surface area (Å²) in [6.45, 7) is 2.51. The van der Waals surface area contributed by atoms with Crippen molar-refractivity contribution in [1.82, 2.24) is 14.9 Å². The van der Waals surface area contributed by atoms with Gasteiger partial charge in [-0.05, 0) is 48.9 Å². The van der Waals surface area contributed by atoms with Gasteiger partial charge >= 0.3 is 0 Å². The molecule has 0 saturated carbocycles. The summed E-state index contributed by atoms with van der Waals surface area (Å²) in [6, 6.07) is 22.4. The third-order valence-electron chi connectivity index (χ3n) is 4.78. The lowest BCUT2D eigenvalue weighted by Crippen LogP contribution is -2.28. The van der Waals surface area contributed by atoms with Crippen LogP contribution in [0.4, 0.5) is 0 Å². The fourth-order valence-electron chi connectivity index (χ4n) is 3.35. The molecule has 1 N–H and O–H groups in total. The molecule has 4 nitrogen and oxygen atoms in total. The van der Waals surface area contributed by atoms with Crippen LogP contribution in [0.15, 0.2) is 72.8 Å². The van der Waals surface area contributed by atoms with E-state index in [9.17, 15) is 4.79 Å². The highest BCUT2D eigenvalue weighted by atomic mass is 35.5. The van der Waals surface area contributed by atoms with E-state index in [0.717, 1.165) is 22.4 Å². The number of carbonyl (C=O) groups excluding carboxylic acids is 1. The Kier molecular flexibility index (Phi) is 5.56. The number of halogens is 2. The van der Waals surface area contributed by atoms with Gasteiger partial charge in [0.25, 0.3) is 5.91 Å². The van der Waals surface area contributed by atoms with Gasteiger partial charge in [0.2, 0.25) is 0 Å². The molecule has 0 fully saturated rings. The molecule has 0 aliphatic rings. The summed E-state index contributed by atoms with van der Waals surface area (Å²) in [7, 11) is 0. The highest BCUT2D eigenvalue weighted by Crippen LogP contribution is 2.26. The maximum Gasteiger partial charge on any atom is 0.251 e. The van der Waals surface area contributed by atoms with E-state index in [2.05, 4.69) is 9.88 Å². The van der Waals surface area contributed by atoms with Crippen LogP contribution in [0.1, 0.15) is 34.7 Å². The molecular formula is C23H19Cl2N3O. The Labute approximate surface area is 179 Å². The first kappa shape index (κ1) is 19.5. The van der Waals surface area contributed by atoms with Crippen molar-refractivity contribution in [1.29, 1.82) is 0 Å². The number of amides is 1. The fraction of sp³-hybridized carbons (Fsp3) is 0.130. The van der Waals surface area contributed by atoms with Gasteiger partial charge in [0.05, 0.1) is 27.1 Å². The second-order valence-corrected chi connectivity index (χ2v) is 7.67. The molecule has 4 rings (SSSR count). The highest BCUT2D eigenvalue weighted by Gasteiger charge is 2.19. The van der Waals surface area contributed by atoms with Crippen molar-refractivity contribution in [2.24, 2.45) is 0 Å². The Morgan fingerprint density at radius 2 is 1.72 bits per heavy atom. The number of fused-ring (bicyclic) bond motifs is 1. The monoisotopic (exact) mass is 423 g/mol. The van der Waals surface area contributed by atoms with Gasteiger partial charge in [-0.3, -0.25) is 4.79 Å². The quantitative estimate of drug-likeness (QED) is 0.435. The minimum absolute atomic E-state index is 0.133. The number of rotatable bonds is 5. The summed E-state index contributed by atoms with van der Waals surface area (Å²) < 4.78 is 2.10. The highest BCUT2D eigenvalue weighted by molar-refractivity contribution is 6.42. The van der Waals surface area contributed by atoms with Gasteiger partial charge in [0, 0.05) is 12.1 Å². The third-order valence-corrected chi connectivity index (χ3v) is 5.52. The standard InChI is InChI=1S/C23H19Cl2N3O/c1-15(26-23(29)17-7-3-2-4-8-17)22-27-20-9-5-6-10-21(20)28(22)14-16-11-12-18(24)19(25)13-16/h2-13,15H,14H2,1H3,(H,26,29). The van der Waals surface area contributed by atoms with Gasteiger partial charge in [-0.15, -0.1) is 0 Å². The zero-order valence-electron chi connectivity index (χ0n) is 15.8. The number of hydrogen-bond acceptors (Lipinski definition) is 2. The molecule has 0 bridgehead atoms. The summed E-state index contributed by atoms with van der Waals surface area (Å²) >= 11 is 12.3. The Balaban J connectivity index is 1.69. The first-order valence-electron chi connectivity index (χ1n) is 9.28. The molecule has 29 heavy (non-hydrogen) atoms. The van der Waals surface area contributed by atoms with Gasteiger partial charge in [-0.25, -0.2) is 4.98 Å². The van der Waals surface area contributed by atoms with E-state index in [0.29, 0.717) is 22.2 Å². The lowest BCUT2D eigenvalue weighted by Gasteiger charge is -2.17. The van der Waals surface area contributed by atoms with Crippen LogP contribution in [0, 0.1) is 0 Å². The molecule has 1 atom stereocenters. The van der Waals surface area contributed by atoms with Crippen molar-refractivity contribution in [2.45, 2.75) is 19.5 Å². The number of imidazole rings is 1. The molecule has 6 heteroatoms. The largest absolute Gasteiger partial charge is 0.342 e. The first-order valence-corrected chi connectivity index (χ1v) is 10.0. The van der Waals surface area contributed by atoms with Crippen LogP contribution < -0.4 is 5.32 Å². The van der Waals surface area contributed by atoms with Gasteiger partial charge in [-0.1, -0.05) is 59.6 Å². The molecule has 1 amide bonds. The average molecular weight is 424 g/mol. The molecule has 0 radical (unpaired) electrons. The van der Waals surface area contributed by atoms with E-state index in [1.807, 2.05) is 61.5 Å². The number of benzene rings is 3. The molecule has 0 saturated heterocycles. The van der Waals surface area contributed by atoms with E-state index in [1.54, 1.807) is 18.2 Å². The Bertz CT molecular complexity index is 1170. The predicted molar refractivity (Wildman–Crippen MR) is 118 cm³/mol. The molecule has 0 aliphatic carbocycles. The van der Waals surface area contributed by atoms with Crippen molar-refractivity contribution in [3.63, 3.8) is 0 Å². The smallest absolute Gasteiger partial charge is 0.251 e. The zero-order chi connectivity index (χ0) is 20.4. The fourth-order valence-corrected chi connectivity index (χ4v) is 3.67. The molecule has 0 spiro atoms. The summed E-state index contributed by atoms with van der Waals surface area (Å²) in [4.78, 5) is 17.4. The predicted octanol–water partition coefficient (Wildman–Crippen LogP) is 5.88. The minimum atomic E-state index is -0.280. The lowest BCUT2D eigenvalue weighted by atomic mass is 10.2. The van der Waals surface area contributed by atoms with E-state index in [4.69, 9.17) is 28.2 Å². The van der Waals surface area contributed by atoms with Crippen LogP contribution in [-0.2, 0) is 6.54 Å². The van der Waals surface area contributed by atoms with Crippen molar-refractivity contribution in [3.8, 4) is 0 Å².